The number of hydrogen-bond donors (Lipinski definition) is 0. The maximum atomic E-state index is 3.42. The summed E-state index contributed by atoms with van der Waals surface area (Å²) in [5.74, 6) is 0. The van der Waals surface area contributed by atoms with Crippen LogP contribution < -0.4 is 0 Å². The van der Waals surface area contributed by atoms with Gasteiger partial charge in [0.05, 0.1) is 0 Å². The van der Waals surface area contributed by atoms with Crippen molar-refractivity contribution in [1.82, 2.24) is 0 Å². The van der Waals surface area contributed by atoms with Crippen molar-refractivity contribution in [3.05, 3.63) is 49.4 Å². The summed E-state index contributed by atoms with van der Waals surface area (Å²) in [7, 11) is 0. The smallest absolute Gasteiger partial charge is 0.245 e. The average Bonchev–Trinajstić information content (AvgIpc) is 2.43. The Morgan fingerprint density at radius 1 is 1.30 bits per heavy atom. The van der Waals surface area contributed by atoms with Gasteiger partial charge in [-0.15, -0.1) is 6.92 Å². The molecule has 1 aromatic rings. The Kier molecular flexibility index (Phi) is 14.2. The molecule has 0 N–H and O–H groups in total. The van der Waals surface area contributed by atoms with Gasteiger partial charge in [0.2, 0.25) is 0 Å². The van der Waals surface area contributed by atoms with Crippen LogP contribution in [0.1, 0.15) is 6.92 Å². The van der Waals surface area contributed by atoms with Gasteiger partial charge in [0.1, 0.15) is 0 Å². The van der Waals surface area contributed by atoms with Gasteiger partial charge in [-0.25, -0.2) is 31.2 Å². The van der Waals surface area contributed by atoms with E-state index in [0.29, 0.717) is 0 Å². The molecule has 0 heterocycles. The summed E-state index contributed by atoms with van der Waals surface area (Å²) < 4.78 is 0. The van der Waals surface area contributed by atoms with E-state index in [-0.39, 0.29) is 21.7 Å². The van der Waals surface area contributed by atoms with Crippen LogP contribution in [0.2, 0.25) is 0 Å². The molecule has 0 unspecified atom stereocenters. The Bertz CT molecular complexity index is 107. The fourth-order valence-corrected chi connectivity index (χ4v) is 0.321. The first kappa shape index (κ1) is 12.4. The molecule has 52 valence electrons. The molecule has 0 amide bonds. The van der Waals surface area contributed by atoms with Crippen LogP contribution in [0.5, 0.6) is 0 Å². The van der Waals surface area contributed by atoms with Crippen molar-refractivity contribution >= 4 is 0 Å². The zero-order chi connectivity index (χ0) is 6.95. The second kappa shape index (κ2) is 11.5. The summed E-state index contributed by atoms with van der Waals surface area (Å²) in [6, 6.07) is 10.0. The molecule has 0 atom stereocenters. The Balaban J connectivity index is 0. The monoisotopic (exact) mass is 168 g/mol. The maximum absolute atomic E-state index is 3.42. The van der Waals surface area contributed by atoms with Crippen LogP contribution in [-0.2, 0) is 21.7 Å². The predicted octanol–water partition coefficient (Wildman–Crippen LogP) is 2.80. The van der Waals surface area contributed by atoms with Crippen molar-refractivity contribution in [2.45, 2.75) is 6.92 Å². The normalized spacial score (nSPS) is 7.70. The van der Waals surface area contributed by atoms with Crippen LogP contribution in [0.4, 0.5) is 0 Å². The van der Waals surface area contributed by atoms with Crippen molar-refractivity contribution in [2.24, 2.45) is 0 Å². The van der Waals surface area contributed by atoms with E-state index in [2.05, 4.69) is 6.92 Å². The van der Waals surface area contributed by atoms with E-state index in [1.807, 2.05) is 43.3 Å². The Morgan fingerprint density at radius 2 is 1.70 bits per heavy atom. The van der Waals surface area contributed by atoms with Crippen LogP contribution in [0, 0.1) is 6.92 Å². The number of rotatable bonds is 0. The van der Waals surface area contributed by atoms with Crippen LogP contribution >= 0.6 is 0 Å². The third-order valence-electron chi connectivity index (χ3n) is 0.791. The van der Waals surface area contributed by atoms with Gasteiger partial charge in [-0.3, -0.25) is 0 Å². The molecule has 0 aromatic heterocycles. The SMILES string of the molecule is [CH2-]/C=C/C.[Ti+2].c1cc[cH-]c1. The zero-order valence-electron chi connectivity index (χ0n) is 6.25. The average molecular weight is 168 g/mol. The van der Waals surface area contributed by atoms with Crippen LogP contribution in [-0.4, -0.2) is 0 Å². The van der Waals surface area contributed by atoms with Gasteiger partial charge in [0.15, 0.2) is 0 Å². The summed E-state index contributed by atoms with van der Waals surface area (Å²) in [6.07, 6.45) is 3.64. The predicted molar refractivity (Wildman–Crippen MR) is 42.2 cm³/mol. The number of allylic oxidation sites excluding steroid dienone is 2. The Labute approximate surface area is 78.2 Å². The van der Waals surface area contributed by atoms with E-state index >= 15 is 0 Å². The first-order valence-electron chi connectivity index (χ1n) is 2.99. The first-order valence-corrected chi connectivity index (χ1v) is 2.99. The summed E-state index contributed by atoms with van der Waals surface area (Å²) in [5.41, 5.74) is 0. The van der Waals surface area contributed by atoms with Gasteiger partial charge >= 0.3 is 21.7 Å². The van der Waals surface area contributed by atoms with Gasteiger partial charge in [0.25, 0.3) is 0 Å². The molecular weight excluding hydrogens is 156 g/mol. The van der Waals surface area contributed by atoms with Gasteiger partial charge in [0, 0.05) is 0 Å². The van der Waals surface area contributed by atoms with Gasteiger partial charge < -0.3 is 0 Å². The molecule has 10 heavy (non-hydrogen) atoms. The van der Waals surface area contributed by atoms with Crippen LogP contribution in [0.25, 0.3) is 0 Å². The molecule has 0 saturated carbocycles. The largest absolute Gasteiger partial charge is 2.00 e. The molecule has 0 aliphatic rings. The van der Waals surface area contributed by atoms with E-state index < -0.39 is 0 Å². The number of hydrogen-bond acceptors (Lipinski definition) is 0. The van der Waals surface area contributed by atoms with E-state index in [4.69, 9.17) is 0 Å². The van der Waals surface area contributed by atoms with Crippen molar-refractivity contribution in [2.75, 3.05) is 0 Å². The molecule has 0 fully saturated rings. The standard InChI is InChI=1S/C5H5.C4H7.Ti/c1-2-4-5-3-1;1-3-4-2;/h1-5H;3-4H,1H2,2H3;/q2*-1;+2/b;4-3+;. The molecule has 0 saturated heterocycles. The minimum atomic E-state index is 0. The summed E-state index contributed by atoms with van der Waals surface area (Å²) >= 11 is 0. The molecule has 0 aliphatic heterocycles. The third kappa shape index (κ3) is 10.6. The Morgan fingerprint density at radius 3 is 1.80 bits per heavy atom. The molecule has 0 radical (unpaired) electrons. The third-order valence-corrected chi connectivity index (χ3v) is 0.791. The second-order valence-electron chi connectivity index (χ2n) is 1.53. The van der Waals surface area contributed by atoms with Crippen molar-refractivity contribution < 1.29 is 21.7 Å². The topological polar surface area (TPSA) is 0 Å². The molecule has 1 rings (SSSR count). The molecule has 1 heteroatoms. The second-order valence-corrected chi connectivity index (χ2v) is 1.53. The zero-order valence-corrected chi connectivity index (χ0v) is 7.81. The van der Waals surface area contributed by atoms with E-state index in [1.54, 1.807) is 6.08 Å². The summed E-state index contributed by atoms with van der Waals surface area (Å²) in [4.78, 5) is 0. The van der Waals surface area contributed by atoms with Crippen LogP contribution in [0.3, 0.4) is 0 Å². The fourth-order valence-electron chi connectivity index (χ4n) is 0.321. The molecule has 0 bridgehead atoms. The van der Waals surface area contributed by atoms with Gasteiger partial charge in [-0.05, 0) is 0 Å². The molecule has 0 aliphatic carbocycles. The van der Waals surface area contributed by atoms with Crippen LogP contribution in [0.15, 0.2) is 42.5 Å². The van der Waals surface area contributed by atoms with E-state index in [9.17, 15) is 0 Å². The van der Waals surface area contributed by atoms with Crippen molar-refractivity contribution in [3.63, 3.8) is 0 Å². The first-order chi connectivity index (χ1) is 4.41. The van der Waals surface area contributed by atoms with Crippen molar-refractivity contribution in [3.8, 4) is 0 Å². The van der Waals surface area contributed by atoms with Gasteiger partial charge in [-0.1, -0.05) is 0 Å². The minimum absolute atomic E-state index is 0. The van der Waals surface area contributed by atoms with Crippen molar-refractivity contribution in [1.29, 1.82) is 0 Å². The maximum Gasteiger partial charge on any atom is 2.00 e. The van der Waals surface area contributed by atoms with E-state index in [1.165, 1.54) is 0 Å². The molecular formula is C9H12Ti. The quantitative estimate of drug-likeness (QED) is 0.412. The summed E-state index contributed by atoms with van der Waals surface area (Å²) in [5, 5.41) is 0. The summed E-state index contributed by atoms with van der Waals surface area (Å²) in [6.45, 7) is 5.36. The van der Waals surface area contributed by atoms with Gasteiger partial charge in [-0.2, -0.15) is 18.2 Å². The van der Waals surface area contributed by atoms with E-state index in [0.717, 1.165) is 0 Å². The fraction of sp³-hybridized carbons (Fsp3) is 0.111. The molecule has 1 aromatic carbocycles. The molecule has 0 nitrogen and oxygen atoms in total. The Hall–Kier alpha value is -0.326. The molecule has 0 spiro atoms. The minimum Gasteiger partial charge on any atom is -0.245 e.